The minimum Gasteiger partial charge on any atom is -0.492 e. The number of hydrogen-bond donors (Lipinski definition) is 5. The van der Waals surface area contributed by atoms with Gasteiger partial charge in [0.25, 0.3) is 5.91 Å². The van der Waals surface area contributed by atoms with Gasteiger partial charge in [-0.05, 0) is 64.4 Å². The number of nitrogens with zero attached hydrogens (tertiary/aromatic N) is 2. The van der Waals surface area contributed by atoms with Gasteiger partial charge in [-0.2, -0.15) is 0 Å². The number of pyridine rings is 1. The van der Waals surface area contributed by atoms with E-state index < -0.39 is 43.8 Å². The van der Waals surface area contributed by atoms with Gasteiger partial charge in [0, 0.05) is 17.8 Å². The molecule has 194 valence electrons. The number of fused-ring (bicyclic) bond motifs is 1. The van der Waals surface area contributed by atoms with Crippen molar-refractivity contribution >= 4 is 34.0 Å². The van der Waals surface area contributed by atoms with Gasteiger partial charge in [-0.25, -0.2) is 14.2 Å². The molecule has 3 heterocycles. The lowest BCUT2D eigenvalue weighted by Gasteiger charge is -2.56. The first-order valence-electron chi connectivity index (χ1n) is 11.5. The number of aromatic nitrogens is 1. The summed E-state index contributed by atoms with van der Waals surface area (Å²) in [7, 11) is -2.66. The molecule has 4 rings (SSSR count). The lowest BCUT2D eigenvalue weighted by molar-refractivity contribution is 0.102. The molecule has 2 aliphatic rings. The molecule has 12 heteroatoms. The zero-order chi connectivity index (χ0) is 26.3. The van der Waals surface area contributed by atoms with Gasteiger partial charge in [-0.1, -0.05) is 10.5 Å². The predicted octanol–water partition coefficient (Wildman–Crippen LogP) is 4.10. The minimum absolute atomic E-state index is 0.0491. The molecular weight excluding hydrogens is 489 g/mol. The topological polar surface area (TPSA) is 145 Å². The summed E-state index contributed by atoms with van der Waals surface area (Å²) < 4.78 is 34.6. The van der Waals surface area contributed by atoms with Crippen LogP contribution in [0.4, 0.5) is 14.9 Å². The highest BCUT2D eigenvalue weighted by Gasteiger charge is 2.61. The molecule has 0 aliphatic carbocycles. The van der Waals surface area contributed by atoms with Crippen LogP contribution in [-0.4, -0.2) is 55.6 Å². The van der Waals surface area contributed by atoms with Crippen molar-refractivity contribution < 1.29 is 28.4 Å². The van der Waals surface area contributed by atoms with Gasteiger partial charge < -0.3 is 19.7 Å². The van der Waals surface area contributed by atoms with Crippen molar-refractivity contribution in [2.24, 2.45) is 4.99 Å². The van der Waals surface area contributed by atoms with Crippen LogP contribution in [0.2, 0.25) is 0 Å². The molecule has 10 nitrogen and oxygen atoms in total. The predicted molar refractivity (Wildman–Crippen MR) is 136 cm³/mol. The van der Waals surface area contributed by atoms with Crippen molar-refractivity contribution in [2.45, 2.75) is 49.7 Å². The highest BCUT2D eigenvalue weighted by molar-refractivity contribution is 8.29. The smallest absolute Gasteiger partial charge is 0.410 e. The summed E-state index contributed by atoms with van der Waals surface area (Å²) in [5.41, 5.74) is -0.701. The lowest BCUT2D eigenvalue weighted by Crippen LogP contribution is -2.59. The third-order valence-electron chi connectivity index (χ3n) is 6.73. The Labute approximate surface area is 210 Å². The van der Waals surface area contributed by atoms with E-state index in [1.54, 1.807) is 26.8 Å². The summed E-state index contributed by atoms with van der Waals surface area (Å²) >= 11 is 0. The van der Waals surface area contributed by atoms with E-state index in [4.69, 9.17) is 9.73 Å². The van der Waals surface area contributed by atoms with E-state index in [0.29, 0.717) is 31.0 Å². The van der Waals surface area contributed by atoms with Gasteiger partial charge >= 0.3 is 6.09 Å². The molecule has 1 aromatic carbocycles. The third-order valence-corrected chi connectivity index (χ3v) is 10.6. The highest BCUT2D eigenvalue weighted by Crippen LogP contribution is 2.67. The molecule has 2 aliphatic heterocycles. The van der Waals surface area contributed by atoms with Crippen LogP contribution in [0.5, 0.6) is 5.75 Å². The van der Waals surface area contributed by atoms with Crippen LogP contribution >= 0.6 is 10.5 Å². The van der Waals surface area contributed by atoms with E-state index in [1.807, 2.05) is 6.92 Å². The van der Waals surface area contributed by atoms with Crippen molar-refractivity contribution in [3.05, 3.63) is 53.6 Å². The molecule has 2 amide bonds. The maximum atomic E-state index is 15.3. The summed E-state index contributed by atoms with van der Waals surface area (Å²) in [5, 5.41) is 13.9. The number of carboxylic acid groups (broad SMARTS) is 1. The van der Waals surface area contributed by atoms with Crippen molar-refractivity contribution in [3.8, 4) is 5.75 Å². The van der Waals surface area contributed by atoms with Crippen LogP contribution in [0.15, 0.2) is 41.5 Å². The molecule has 5 N–H and O–H groups in total. The second-order valence-electron chi connectivity index (χ2n) is 9.31. The zero-order valence-electron chi connectivity index (χ0n) is 20.5. The normalized spacial score (nSPS) is 26.5. The Kier molecular flexibility index (Phi) is 6.71. The van der Waals surface area contributed by atoms with Crippen LogP contribution in [0.25, 0.3) is 0 Å². The van der Waals surface area contributed by atoms with E-state index in [2.05, 4.69) is 20.3 Å². The first-order chi connectivity index (χ1) is 16.9. The Morgan fingerprint density at radius 3 is 2.64 bits per heavy atom. The number of ether oxygens (including phenoxy) is 1. The van der Waals surface area contributed by atoms with Crippen LogP contribution in [0.1, 0.15) is 50.2 Å². The minimum atomic E-state index is -2.66. The number of anilines is 1. The number of amides is 2. The molecule has 3 atom stereocenters. The quantitative estimate of drug-likeness (QED) is 0.400. The number of carbonyl (C=O) groups excluding carboxylic acids is 1. The fourth-order valence-electron chi connectivity index (χ4n) is 4.82. The first-order valence-corrected chi connectivity index (χ1v) is 13.2. The average Bonchev–Trinajstić information content (AvgIpc) is 3.24. The molecule has 0 radical (unpaired) electrons. The number of rotatable bonds is 5. The third kappa shape index (κ3) is 4.29. The molecule has 0 saturated carbocycles. The molecule has 0 unspecified atom stereocenters. The molecule has 36 heavy (non-hydrogen) atoms. The number of amidine groups is 1. The fraction of sp³-hybridized carbons (Fsp3) is 0.417. The monoisotopic (exact) mass is 519 g/mol. The fourth-order valence-corrected chi connectivity index (χ4v) is 8.22. The molecule has 0 bridgehead atoms. The second-order valence-corrected chi connectivity index (χ2v) is 12.4. The van der Waals surface area contributed by atoms with Crippen molar-refractivity contribution in [2.75, 3.05) is 18.5 Å². The number of halogens is 1. The van der Waals surface area contributed by atoms with Gasteiger partial charge in [-0.3, -0.25) is 19.8 Å². The molecule has 0 spiro atoms. The molecule has 1 fully saturated rings. The molecule has 2 aromatic rings. The standard InChI is InChI=1S/C24H30FN5O5S/c1-5-35-15-7-9-18(26-13-15)20(31)28-14-6-8-17(25)16(12-14)24(4)19-10-11-27-36(19,34)23(2,3)21(30-24)29-22(32)33/h6-9,12-13,19,27,34H,5,10-11H2,1-4H3,(H,28,31)(H,29,30)(H,32,33)/t19-,24+/m0/s1. The Morgan fingerprint density at radius 1 is 1.25 bits per heavy atom. The Hall–Kier alpha value is -3.22. The Bertz CT molecular complexity index is 1220. The van der Waals surface area contributed by atoms with E-state index in [0.717, 1.165) is 0 Å². The van der Waals surface area contributed by atoms with E-state index in [-0.39, 0.29) is 17.1 Å². The number of hydrogen-bond acceptors (Lipinski definition) is 7. The lowest BCUT2D eigenvalue weighted by atomic mass is 9.85. The number of benzene rings is 1. The Balaban J connectivity index is 1.72. The first kappa shape index (κ1) is 25.9. The SMILES string of the molecule is CCOc1ccc(C(=O)Nc2ccc(F)c([C@@]3(C)N=C(NC(=O)O)C(C)(C)[S@@]4(O)NCC[C@@H]34)c2)nc1. The number of nitrogens with one attached hydrogen (secondary N) is 3. The van der Waals surface area contributed by atoms with Gasteiger partial charge in [0.1, 0.15) is 28.6 Å². The van der Waals surface area contributed by atoms with Crippen molar-refractivity contribution in [1.29, 1.82) is 0 Å². The van der Waals surface area contributed by atoms with Gasteiger partial charge in [0.2, 0.25) is 0 Å². The van der Waals surface area contributed by atoms with Gasteiger partial charge in [-0.15, -0.1) is 0 Å². The maximum absolute atomic E-state index is 15.3. The molecule has 1 saturated heterocycles. The van der Waals surface area contributed by atoms with Crippen LogP contribution < -0.4 is 20.1 Å². The number of aliphatic imine (C=N–C) groups is 1. The molecular formula is C24H30FN5O5S. The summed E-state index contributed by atoms with van der Waals surface area (Å²) in [4.78, 5) is 33.1. The maximum Gasteiger partial charge on any atom is 0.410 e. The summed E-state index contributed by atoms with van der Waals surface area (Å²) in [6, 6.07) is 7.28. The van der Waals surface area contributed by atoms with Gasteiger partial charge in [0.15, 0.2) is 0 Å². The second kappa shape index (κ2) is 9.34. The summed E-state index contributed by atoms with van der Waals surface area (Å²) in [5.74, 6) is -0.489. The van der Waals surface area contributed by atoms with Crippen molar-refractivity contribution in [3.63, 3.8) is 0 Å². The van der Waals surface area contributed by atoms with E-state index in [1.165, 1.54) is 30.5 Å². The highest BCUT2D eigenvalue weighted by atomic mass is 32.3. The van der Waals surface area contributed by atoms with Crippen LogP contribution in [0, 0.1) is 5.82 Å². The molecule has 1 aromatic heterocycles. The van der Waals surface area contributed by atoms with Crippen LogP contribution in [-0.2, 0) is 5.54 Å². The number of carbonyl (C=O) groups is 2. The van der Waals surface area contributed by atoms with Crippen molar-refractivity contribution in [1.82, 2.24) is 15.0 Å². The zero-order valence-corrected chi connectivity index (χ0v) is 21.3. The largest absolute Gasteiger partial charge is 0.492 e. The average molecular weight is 520 g/mol. The summed E-state index contributed by atoms with van der Waals surface area (Å²) in [6.07, 6.45) is 0.636. The Morgan fingerprint density at radius 2 is 2.00 bits per heavy atom. The van der Waals surface area contributed by atoms with Gasteiger partial charge in [0.05, 0.1) is 22.8 Å². The van der Waals surface area contributed by atoms with E-state index in [9.17, 15) is 19.2 Å². The van der Waals surface area contributed by atoms with Crippen LogP contribution in [0.3, 0.4) is 0 Å². The summed E-state index contributed by atoms with van der Waals surface area (Å²) in [6.45, 7) is 7.92. The van der Waals surface area contributed by atoms with E-state index >= 15 is 4.39 Å².